The molecule has 0 fully saturated rings. The second-order valence-corrected chi connectivity index (χ2v) is 1.62. The van der Waals surface area contributed by atoms with E-state index in [0.29, 0.717) is 0 Å². The zero-order chi connectivity index (χ0) is 7.44. The van der Waals surface area contributed by atoms with Gasteiger partial charge in [-0.2, -0.15) is 0 Å². The molecule has 0 saturated carbocycles. The van der Waals surface area contributed by atoms with Crippen molar-refractivity contribution >= 4 is 11.9 Å². The molecule has 0 rings (SSSR count). The fourth-order valence-corrected chi connectivity index (χ4v) is 0.304. The summed E-state index contributed by atoms with van der Waals surface area (Å²) < 4.78 is 0. The molecule has 0 radical (unpaired) electrons. The summed E-state index contributed by atoms with van der Waals surface area (Å²) in [6.45, 7) is 0. The Hall–Kier alpha value is 0.748. The van der Waals surface area contributed by atoms with Crippen molar-refractivity contribution in [3.63, 3.8) is 0 Å². The number of nitrogens with two attached hydrogens (primary N) is 2. The van der Waals surface area contributed by atoms with Crippen LogP contribution in [-0.2, 0) is 30.7 Å². The number of carbonyl (C=O) groups is 2. The maximum atomic E-state index is 9.99. The van der Waals surface area contributed by atoms with Crippen LogP contribution in [0.3, 0.4) is 0 Å². The van der Waals surface area contributed by atoms with Crippen LogP contribution in [-0.4, -0.2) is 23.0 Å². The van der Waals surface area contributed by atoms with Crippen LogP contribution >= 0.6 is 0 Å². The molecule has 92 valence electrons. The molecule has 0 aliphatic heterocycles. The summed E-state index contributed by atoms with van der Waals surface area (Å²) in [7, 11) is 0. The molecule has 10 heteroatoms. The van der Waals surface area contributed by atoms with Crippen molar-refractivity contribution in [2.45, 2.75) is 12.5 Å². The van der Waals surface area contributed by atoms with E-state index in [1.54, 1.807) is 0 Å². The van der Waals surface area contributed by atoms with E-state index in [1.807, 2.05) is 0 Å². The van der Waals surface area contributed by atoms with Crippen molar-refractivity contribution < 1.29 is 85.4 Å². The second-order valence-electron chi connectivity index (χ2n) is 1.62. The first-order valence-electron chi connectivity index (χ1n) is 2.30. The molecule has 0 aromatic heterocycles. The third-order valence-electron chi connectivity index (χ3n) is 0.738. The van der Waals surface area contributed by atoms with Gasteiger partial charge in [0.05, 0.1) is 6.42 Å². The van der Waals surface area contributed by atoms with Gasteiger partial charge in [0.25, 0.3) is 0 Å². The van der Waals surface area contributed by atoms with Gasteiger partial charge in [-0.1, -0.05) is 0 Å². The van der Waals surface area contributed by atoms with E-state index in [1.165, 1.54) is 0 Å². The molecule has 0 aliphatic carbocycles. The fourth-order valence-electron chi connectivity index (χ4n) is 0.304. The van der Waals surface area contributed by atoms with E-state index < -0.39 is 17.9 Å². The monoisotopic (exact) mass is 467 g/mol. The Bertz CT molecular complexity index is 151. The summed E-state index contributed by atoms with van der Waals surface area (Å²) >= 11 is 0. The first-order chi connectivity index (χ1) is 4.04. The maximum absolute atomic E-state index is 9.99. The second kappa shape index (κ2) is 19.3. The Morgan fingerprint density at radius 2 is 1.43 bits per heavy atom. The largest absolute Gasteiger partial charge is 2.00 e. The van der Waals surface area contributed by atoms with E-state index in [0.717, 1.165) is 0 Å². The van der Waals surface area contributed by atoms with Gasteiger partial charge in [-0.3, -0.25) is 9.59 Å². The van der Waals surface area contributed by atoms with Gasteiger partial charge in [0.2, 0.25) is 5.91 Å². The number of carboxylic acids is 1. The molecular formula is C4H8Cl4N2O3Pt-2. The van der Waals surface area contributed by atoms with E-state index in [4.69, 9.17) is 10.8 Å². The first-order valence-corrected chi connectivity index (χ1v) is 2.30. The number of halogens is 4. The normalized spacial score (nSPS) is 8.07. The third kappa shape index (κ3) is 23.0. The molecule has 1 unspecified atom stereocenters. The van der Waals surface area contributed by atoms with Crippen molar-refractivity contribution in [1.29, 1.82) is 0 Å². The van der Waals surface area contributed by atoms with Gasteiger partial charge >= 0.3 is 27.0 Å². The van der Waals surface area contributed by atoms with Crippen LogP contribution in [0.1, 0.15) is 6.42 Å². The number of hydrogen-bond donors (Lipinski definition) is 3. The average molecular weight is 469 g/mol. The first kappa shape index (κ1) is 36.4. The number of primary amides is 1. The molecule has 1 atom stereocenters. The topological polar surface area (TPSA) is 106 Å². The summed E-state index contributed by atoms with van der Waals surface area (Å²) in [4.78, 5) is 19.9. The number of aliphatic carboxylic acids is 1. The van der Waals surface area contributed by atoms with E-state index in [-0.39, 0.29) is 77.1 Å². The van der Waals surface area contributed by atoms with Gasteiger partial charge in [0, 0.05) is 0 Å². The molecule has 0 saturated heterocycles. The smallest absolute Gasteiger partial charge is 1.00 e. The van der Waals surface area contributed by atoms with Crippen molar-refractivity contribution in [1.82, 2.24) is 0 Å². The van der Waals surface area contributed by atoms with Gasteiger partial charge in [-0.25, -0.2) is 0 Å². The van der Waals surface area contributed by atoms with Crippen LogP contribution < -0.4 is 61.1 Å². The number of carboxylic acid groups (broad SMARTS) is 1. The van der Waals surface area contributed by atoms with E-state index >= 15 is 0 Å². The van der Waals surface area contributed by atoms with E-state index in [9.17, 15) is 9.59 Å². The molecule has 14 heavy (non-hydrogen) atoms. The Morgan fingerprint density at radius 3 is 1.50 bits per heavy atom. The number of amides is 1. The zero-order valence-corrected chi connectivity index (χ0v) is 11.8. The molecule has 0 aromatic carbocycles. The van der Waals surface area contributed by atoms with Gasteiger partial charge in [-0.05, 0) is 0 Å². The fraction of sp³-hybridized carbons (Fsp3) is 0.500. The predicted molar refractivity (Wildman–Crippen MR) is 29.4 cm³/mol. The minimum absolute atomic E-state index is 0. The van der Waals surface area contributed by atoms with Crippen molar-refractivity contribution in [3.8, 4) is 0 Å². The molecule has 0 aliphatic rings. The predicted octanol–water partition coefficient (Wildman–Crippen LogP) is -13.7. The minimum atomic E-state index is -1.21. The Kier molecular flexibility index (Phi) is 50.3. The summed E-state index contributed by atoms with van der Waals surface area (Å²) in [6, 6.07) is -1.16. The molecule has 5 nitrogen and oxygen atoms in total. The van der Waals surface area contributed by atoms with Gasteiger partial charge in [0.15, 0.2) is 0 Å². The molecule has 0 bridgehead atoms. The van der Waals surface area contributed by atoms with Crippen LogP contribution in [0.2, 0.25) is 0 Å². The van der Waals surface area contributed by atoms with Gasteiger partial charge in [-0.15, -0.1) is 0 Å². The van der Waals surface area contributed by atoms with Crippen LogP contribution in [0, 0.1) is 0 Å². The van der Waals surface area contributed by atoms with Gasteiger partial charge in [0.1, 0.15) is 6.04 Å². The molecule has 5 N–H and O–H groups in total. The van der Waals surface area contributed by atoms with Crippen molar-refractivity contribution in [3.05, 3.63) is 0 Å². The average Bonchev–Trinajstić information content (AvgIpc) is 1.63. The molecule has 0 spiro atoms. The van der Waals surface area contributed by atoms with Crippen molar-refractivity contribution in [2.24, 2.45) is 11.5 Å². The standard InChI is InChI=1S/C4H8N2O3.4ClH.Pt/c5-2(4(8)9)1-3(6)7;;;;;/h2H,1,5H2,(H2,6,7)(H,8,9);4*1H;/q;;;;;+2/p-4. The Balaban J connectivity index is -0.0000000320. The van der Waals surface area contributed by atoms with E-state index in [2.05, 4.69) is 5.73 Å². The van der Waals surface area contributed by atoms with Crippen LogP contribution in [0.5, 0.6) is 0 Å². The summed E-state index contributed by atoms with van der Waals surface area (Å²) in [6.07, 6.45) is -0.310. The minimum Gasteiger partial charge on any atom is -1.00 e. The quantitative estimate of drug-likeness (QED) is 0.382. The van der Waals surface area contributed by atoms with Crippen LogP contribution in [0.25, 0.3) is 0 Å². The van der Waals surface area contributed by atoms with Crippen LogP contribution in [0.4, 0.5) is 0 Å². The maximum Gasteiger partial charge on any atom is 2.00 e. The number of hydrogen-bond acceptors (Lipinski definition) is 3. The molecular weight excluding hydrogens is 461 g/mol. The summed E-state index contributed by atoms with van der Waals surface area (Å²) in [5, 5.41) is 8.10. The summed E-state index contributed by atoms with van der Waals surface area (Å²) in [5.41, 5.74) is 9.57. The number of carbonyl (C=O) groups excluding carboxylic acids is 1. The Morgan fingerprint density at radius 1 is 1.14 bits per heavy atom. The number of rotatable bonds is 3. The summed E-state index contributed by atoms with van der Waals surface area (Å²) in [5.74, 6) is -1.92. The van der Waals surface area contributed by atoms with Crippen molar-refractivity contribution in [2.75, 3.05) is 0 Å². The van der Waals surface area contributed by atoms with Gasteiger partial charge < -0.3 is 66.2 Å². The zero-order valence-electron chi connectivity index (χ0n) is 6.53. The Labute approximate surface area is 121 Å². The molecule has 0 heterocycles. The SMILES string of the molecule is NC(=O)CC(N)C(=O)O.[Cl-].[Cl-].[Cl-].[Cl-].[Pt+2]. The van der Waals surface area contributed by atoms with Crippen LogP contribution in [0.15, 0.2) is 0 Å². The third-order valence-corrected chi connectivity index (χ3v) is 0.738. The molecule has 0 aromatic rings. The molecule has 1 amide bonds.